The molecule has 0 bridgehead atoms. The summed E-state index contributed by atoms with van der Waals surface area (Å²) in [5.74, 6) is 2.46. The molecule has 0 saturated heterocycles. The molecular formula is C27H21N3O6. The standard InChI is InChI=1S/C27H21N3O6/c1-32-15-9-10-16-19(13-15)36-27-22(23(16)31)26-28-17-7-5-6-8-18(17)30(26)25(29-27)14-11-20(33-2)24(35-4)21(12-14)34-3/h5-13H,1-4H3. The van der Waals surface area contributed by atoms with E-state index in [-0.39, 0.29) is 11.1 Å². The largest absolute Gasteiger partial charge is 0.497 e. The molecule has 36 heavy (non-hydrogen) atoms. The van der Waals surface area contributed by atoms with Crippen molar-refractivity contribution in [3.63, 3.8) is 0 Å². The first-order valence-electron chi connectivity index (χ1n) is 11.1. The zero-order chi connectivity index (χ0) is 25.0. The van der Waals surface area contributed by atoms with E-state index in [0.717, 1.165) is 11.0 Å². The lowest BCUT2D eigenvalue weighted by Crippen LogP contribution is -2.08. The van der Waals surface area contributed by atoms with E-state index in [9.17, 15) is 4.79 Å². The summed E-state index contributed by atoms with van der Waals surface area (Å²) in [6, 6.07) is 16.3. The average Bonchev–Trinajstić information content (AvgIpc) is 3.30. The molecule has 0 fully saturated rings. The molecule has 6 rings (SSSR count). The molecule has 3 heterocycles. The summed E-state index contributed by atoms with van der Waals surface area (Å²) in [4.78, 5) is 23.3. The van der Waals surface area contributed by atoms with Crippen LogP contribution in [0.15, 0.2) is 63.8 Å². The second kappa shape index (κ2) is 8.16. The van der Waals surface area contributed by atoms with Gasteiger partial charge in [0.2, 0.25) is 16.9 Å². The Morgan fingerprint density at radius 1 is 0.833 bits per heavy atom. The van der Waals surface area contributed by atoms with Crippen LogP contribution in [0.5, 0.6) is 23.0 Å². The highest BCUT2D eigenvalue weighted by atomic mass is 16.5. The van der Waals surface area contributed by atoms with E-state index in [2.05, 4.69) is 0 Å². The Morgan fingerprint density at radius 2 is 1.58 bits per heavy atom. The van der Waals surface area contributed by atoms with Crippen molar-refractivity contribution in [3.05, 3.63) is 64.8 Å². The van der Waals surface area contributed by atoms with E-state index < -0.39 is 0 Å². The summed E-state index contributed by atoms with van der Waals surface area (Å²) in [6.45, 7) is 0. The average molecular weight is 483 g/mol. The minimum absolute atomic E-state index is 0.160. The Bertz CT molecular complexity index is 1850. The molecule has 0 aliphatic heterocycles. The van der Waals surface area contributed by atoms with Crippen LogP contribution in [0.1, 0.15) is 0 Å². The molecule has 0 unspecified atom stereocenters. The molecule has 0 aliphatic rings. The second-order valence-corrected chi connectivity index (χ2v) is 8.08. The molecule has 180 valence electrons. The number of ether oxygens (including phenoxy) is 4. The molecule has 9 heteroatoms. The van der Waals surface area contributed by atoms with Crippen LogP contribution >= 0.6 is 0 Å². The second-order valence-electron chi connectivity index (χ2n) is 8.08. The van der Waals surface area contributed by atoms with Crippen molar-refractivity contribution in [2.45, 2.75) is 0 Å². The van der Waals surface area contributed by atoms with Crippen molar-refractivity contribution >= 4 is 38.7 Å². The summed E-state index contributed by atoms with van der Waals surface area (Å²) in [5, 5.41) is 0.708. The Morgan fingerprint density at radius 3 is 2.28 bits per heavy atom. The lowest BCUT2D eigenvalue weighted by Gasteiger charge is -2.15. The molecule has 0 spiro atoms. The summed E-state index contributed by atoms with van der Waals surface area (Å²) in [7, 11) is 6.20. The molecule has 0 saturated carbocycles. The van der Waals surface area contributed by atoms with Gasteiger partial charge >= 0.3 is 0 Å². The number of hydrogen-bond donors (Lipinski definition) is 0. The van der Waals surface area contributed by atoms with Crippen molar-refractivity contribution in [2.24, 2.45) is 0 Å². The predicted octanol–water partition coefficient (Wildman–Crippen LogP) is 4.84. The van der Waals surface area contributed by atoms with Gasteiger partial charge in [-0.3, -0.25) is 9.20 Å². The van der Waals surface area contributed by atoms with Gasteiger partial charge in [0.1, 0.15) is 16.7 Å². The van der Waals surface area contributed by atoms with Gasteiger partial charge in [0.05, 0.1) is 44.9 Å². The molecule has 0 N–H and O–H groups in total. The first-order chi connectivity index (χ1) is 17.6. The third kappa shape index (κ3) is 3.06. The van der Waals surface area contributed by atoms with Crippen LogP contribution in [0.25, 0.3) is 50.1 Å². The number of rotatable bonds is 5. The third-order valence-corrected chi connectivity index (χ3v) is 6.21. The monoisotopic (exact) mass is 483 g/mol. The van der Waals surface area contributed by atoms with Gasteiger partial charge in [0.15, 0.2) is 23.0 Å². The highest BCUT2D eigenvalue weighted by molar-refractivity contribution is 6.00. The van der Waals surface area contributed by atoms with Crippen LogP contribution < -0.4 is 24.4 Å². The summed E-state index contributed by atoms with van der Waals surface area (Å²) >= 11 is 0. The Kier molecular flexibility index (Phi) is 4.92. The maximum absolute atomic E-state index is 13.7. The van der Waals surface area contributed by atoms with E-state index in [0.29, 0.717) is 56.4 Å². The van der Waals surface area contributed by atoms with Gasteiger partial charge in [0.25, 0.3) is 0 Å². The SMILES string of the molecule is COc1ccc2c(=O)c3c(nc(-c4cc(OC)c(OC)c(OC)c4)n4c5ccccc5nc34)oc2c1. The van der Waals surface area contributed by atoms with E-state index in [1.54, 1.807) is 58.8 Å². The summed E-state index contributed by atoms with van der Waals surface area (Å²) < 4.78 is 29.9. The van der Waals surface area contributed by atoms with Gasteiger partial charge in [-0.2, -0.15) is 4.98 Å². The highest BCUT2D eigenvalue weighted by Gasteiger charge is 2.23. The maximum Gasteiger partial charge on any atom is 0.236 e. The fourth-order valence-electron chi connectivity index (χ4n) is 4.52. The number of para-hydroxylation sites is 2. The molecule has 0 atom stereocenters. The van der Waals surface area contributed by atoms with Crippen molar-refractivity contribution in [1.82, 2.24) is 14.4 Å². The lowest BCUT2D eigenvalue weighted by atomic mass is 10.1. The Balaban J connectivity index is 1.80. The van der Waals surface area contributed by atoms with Crippen LogP contribution in [0.4, 0.5) is 0 Å². The molecule has 0 amide bonds. The van der Waals surface area contributed by atoms with Crippen LogP contribution in [0.3, 0.4) is 0 Å². The van der Waals surface area contributed by atoms with Crippen LogP contribution in [-0.4, -0.2) is 42.8 Å². The number of imidazole rings is 1. The molecule has 0 radical (unpaired) electrons. The molecule has 3 aromatic carbocycles. The van der Waals surface area contributed by atoms with Crippen LogP contribution in [0, 0.1) is 0 Å². The molecule has 9 nitrogen and oxygen atoms in total. The molecular weight excluding hydrogens is 462 g/mol. The Labute approximate surface area is 204 Å². The number of nitrogens with zero attached hydrogens (tertiary/aromatic N) is 3. The van der Waals surface area contributed by atoms with Gasteiger partial charge < -0.3 is 23.4 Å². The normalized spacial score (nSPS) is 11.4. The predicted molar refractivity (Wildman–Crippen MR) is 136 cm³/mol. The van der Waals surface area contributed by atoms with Gasteiger partial charge in [-0.15, -0.1) is 0 Å². The maximum atomic E-state index is 13.7. The Hall–Kier alpha value is -4.79. The number of methoxy groups -OCH3 is 4. The van der Waals surface area contributed by atoms with Gasteiger partial charge in [-0.05, 0) is 36.4 Å². The summed E-state index contributed by atoms with van der Waals surface area (Å²) in [6.07, 6.45) is 0. The van der Waals surface area contributed by atoms with Gasteiger partial charge in [-0.1, -0.05) is 12.1 Å². The third-order valence-electron chi connectivity index (χ3n) is 6.21. The first-order valence-corrected chi connectivity index (χ1v) is 11.1. The topological polar surface area (TPSA) is 97.3 Å². The van der Waals surface area contributed by atoms with E-state index >= 15 is 0 Å². The smallest absolute Gasteiger partial charge is 0.236 e. The molecule has 3 aromatic heterocycles. The van der Waals surface area contributed by atoms with E-state index in [4.69, 9.17) is 33.3 Å². The van der Waals surface area contributed by atoms with Gasteiger partial charge in [-0.25, -0.2) is 4.98 Å². The zero-order valence-corrected chi connectivity index (χ0v) is 20.0. The minimum Gasteiger partial charge on any atom is -0.497 e. The number of hydrogen-bond acceptors (Lipinski definition) is 8. The van der Waals surface area contributed by atoms with Crippen LogP contribution in [0.2, 0.25) is 0 Å². The highest BCUT2D eigenvalue weighted by Crippen LogP contribution is 2.41. The quantitative estimate of drug-likeness (QED) is 0.321. The lowest BCUT2D eigenvalue weighted by molar-refractivity contribution is 0.324. The fraction of sp³-hybridized carbons (Fsp3) is 0.148. The molecule has 0 aliphatic carbocycles. The van der Waals surface area contributed by atoms with Crippen LogP contribution in [-0.2, 0) is 0 Å². The first kappa shape index (κ1) is 21.7. The van der Waals surface area contributed by atoms with E-state index in [1.807, 2.05) is 28.7 Å². The number of fused-ring (bicyclic) bond motifs is 6. The van der Waals surface area contributed by atoms with E-state index in [1.165, 1.54) is 0 Å². The number of aromatic nitrogens is 3. The van der Waals surface area contributed by atoms with Crippen molar-refractivity contribution in [3.8, 4) is 34.4 Å². The van der Waals surface area contributed by atoms with Crippen molar-refractivity contribution in [1.29, 1.82) is 0 Å². The fourth-order valence-corrected chi connectivity index (χ4v) is 4.52. The zero-order valence-electron chi connectivity index (χ0n) is 20.0. The van der Waals surface area contributed by atoms with Crippen molar-refractivity contribution < 1.29 is 23.4 Å². The minimum atomic E-state index is -0.224. The summed E-state index contributed by atoms with van der Waals surface area (Å²) in [5.41, 5.74) is 2.92. The van der Waals surface area contributed by atoms with Crippen molar-refractivity contribution in [2.75, 3.05) is 28.4 Å². The van der Waals surface area contributed by atoms with Gasteiger partial charge in [0, 0.05) is 11.6 Å². The molecule has 6 aromatic rings. The number of benzene rings is 3.